The van der Waals surface area contributed by atoms with Crippen LogP contribution in [0.15, 0.2) is 176 Å². The van der Waals surface area contributed by atoms with Crippen LogP contribution in [0.2, 0.25) is 0 Å². The topological polar surface area (TPSA) is 49.6 Å². The molecule has 0 unspecified atom stereocenters. The lowest BCUT2D eigenvalue weighted by Crippen LogP contribution is -1.98. The molecule has 0 saturated carbocycles. The van der Waals surface area contributed by atoms with Gasteiger partial charge < -0.3 is 0 Å². The molecule has 50 heavy (non-hydrogen) atoms. The monoisotopic (exact) mass is 635 g/mol. The van der Waals surface area contributed by atoms with Crippen LogP contribution in [0.25, 0.3) is 88.5 Å². The second-order valence-corrected chi connectivity index (χ2v) is 12.5. The Morgan fingerprint density at radius 1 is 0.380 bits per heavy atom. The first kappa shape index (κ1) is 29.3. The number of nitriles is 1. The Balaban J connectivity index is 1.32. The molecule has 232 valence electrons. The predicted octanol–water partition coefficient (Wildman–Crippen LogP) is 12.1. The van der Waals surface area contributed by atoms with Gasteiger partial charge in [-0.05, 0) is 78.8 Å². The minimum absolute atomic E-state index is 0.632. The zero-order chi connectivity index (χ0) is 33.4. The first-order valence-electron chi connectivity index (χ1n) is 16.7. The van der Waals surface area contributed by atoms with Crippen LogP contribution in [0.1, 0.15) is 5.56 Å². The van der Waals surface area contributed by atoms with E-state index in [0.717, 1.165) is 55.5 Å². The molecule has 9 aromatic rings. The van der Waals surface area contributed by atoms with Gasteiger partial charge in [-0.25, -0.2) is 9.97 Å². The lowest BCUT2D eigenvalue weighted by molar-refractivity contribution is 1.19. The van der Waals surface area contributed by atoms with Crippen molar-refractivity contribution in [2.24, 2.45) is 0 Å². The van der Waals surface area contributed by atoms with Gasteiger partial charge in [0.2, 0.25) is 0 Å². The number of fused-ring (bicyclic) bond motifs is 4. The molecule has 3 nitrogen and oxygen atoms in total. The van der Waals surface area contributed by atoms with E-state index >= 15 is 0 Å². The normalized spacial score (nSPS) is 11.2. The van der Waals surface area contributed by atoms with Crippen molar-refractivity contribution in [2.45, 2.75) is 0 Å². The third-order valence-electron chi connectivity index (χ3n) is 9.53. The van der Waals surface area contributed by atoms with Crippen molar-refractivity contribution in [1.82, 2.24) is 9.97 Å². The van der Waals surface area contributed by atoms with E-state index < -0.39 is 0 Å². The largest absolute Gasteiger partial charge is 0.228 e. The maximum atomic E-state index is 9.43. The van der Waals surface area contributed by atoms with Crippen molar-refractivity contribution in [3.8, 4) is 62.2 Å². The zero-order valence-corrected chi connectivity index (χ0v) is 27.1. The highest BCUT2D eigenvalue weighted by atomic mass is 14.9. The lowest BCUT2D eigenvalue weighted by Gasteiger charge is -2.16. The molecule has 0 aliphatic rings. The fourth-order valence-electron chi connectivity index (χ4n) is 7.06. The molecular weight excluding hydrogens is 607 g/mol. The molecule has 3 heteroatoms. The molecule has 0 saturated heterocycles. The molecule has 0 atom stereocenters. The van der Waals surface area contributed by atoms with Gasteiger partial charge in [0.05, 0.1) is 23.0 Å². The Morgan fingerprint density at radius 2 is 0.980 bits per heavy atom. The smallest absolute Gasteiger partial charge is 0.160 e. The van der Waals surface area contributed by atoms with Gasteiger partial charge in [-0.15, -0.1) is 0 Å². The van der Waals surface area contributed by atoms with Gasteiger partial charge >= 0.3 is 0 Å². The average molecular weight is 636 g/mol. The van der Waals surface area contributed by atoms with Crippen LogP contribution in [0, 0.1) is 11.3 Å². The van der Waals surface area contributed by atoms with Gasteiger partial charge in [-0.2, -0.15) is 5.26 Å². The van der Waals surface area contributed by atoms with Gasteiger partial charge in [0.25, 0.3) is 0 Å². The molecule has 0 bridgehead atoms. The fraction of sp³-hybridized carbons (Fsp3) is 0. The summed E-state index contributed by atoms with van der Waals surface area (Å²) in [5.41, 5.74) is 9.73. The van der Waals surface area contributed by atoms with E-state index in [1.165, 1.54) is 27.1 Å². The van der Waals surface area contributed by atoms with Crippen LogP contribution < -0.4 is 0 Å². The van der Waals surface area contributed by atoms with Crippen molar-refractivity contribution < 1.29 is 0 Å². The summed E-state index contributed by atoms with van der Waals surface area (Å²) < 4.78 is 0. The van der Waals surface area contributed by atoms with Gasteiger partial charge in [0.1, 0.15) is 0 Å². The summed E-state index contributed by atoms with van der Waals surface area (Å²) in [6, 6.07) is 63.3. The van der Waals surface area contributed by atoms with Crippen LogP contribution in [-0.2, 0) is 0 Å². The highest BCUT2D eigenvalue weighted by molar-refractivity contribution is 6.19. The molecule has 1 heterocycles. The highest BCUT2D eigenvalue weighted by Gasteiger charge is 2.18. The highest BCUT2D eigenvalue weighted by Crippen LogP contribution is 2.41. The lowest BCUT2D eigenvalue weighted by atomic mass is 9.91. The van der Waals surface area contributed by atoms with E-state index in [1.54, 1.807) is 0 Å². The third-order valence-corrected chi connectivity index (χ3v) is 9.53. The number of aromatic nitrogens is 2. The predicted molar refractivity (Wildman–Crippen MR) is 206 cm³/mol. The Bertz CT molecular complexity index is 2740. The molecule has 0 spiro atoms. The Hall–Kier alpha value is -6.89. The molecule has 0 radical (unpaired) electrons. The van der Waals surface area contributed by atoms with Gasteiger partial charge in [-0.1, -0.05) is 152 Å². The zero-order valence-electron chi connectivity index (χ0n) is 27.1. The van der Waals surface area contributed by atoms with Crippen molar-refractivity contribution in [3.63, 3.8) is 0 Å². The molecule has 0 aliphatic carbocycles. The van der Waals surface area contributed by atoms with E-state index in [-0.39, 0.29) is 0 Å². The molecule has 0 N–H and O–H groups in total. The van der Waals surface area contributed by atoms with Crippen LogP contribution in [0.3, 0.4) is 0 Å². The van der Waals surface area contributed by atoms with Crippen molar-refractivity contribution in [2.75, 3.05) is 0 Å². The van der Waals surface area contributed by atoms with Gasteiger partial charge in [-0.3, -0.25) is 0 Å². The van der Waals surface area contributed by atoms with E-state index in [4.69, 9.17) is 9.97 Å². The van der Waals surface area contributed by atoms with Crippen molar-refractivity contribution in [3.05, 3.63) is 181 Å². The molecule has 0 aliphatic heterocycles. The number of hydrogen-bond donors (Lipinski definition) is 0. The van der Waals surface area contributed by atoms with Crippen LogP contribution >= 0.6 is 0 Å². The number of rotatable bonds is 5. The SMILES string of the molecule is N#Cc1ccc(-c2ccccc2-c2cc(-c3c4ccccc4cc4c3ccc3ccccc34)nc(-c3ccc(-c4ccccc4)cc3)n2)cc1. The Kier molecular flexibility index (Phi) is 7.19. The summed E-state index contributed by atoms with van der Waals surface area (Å²) in [6.45, 7) is 0. The number of hydrogen-bond acceptors (Lipinski definition) is 3. The molecule has 0 fully saturated rings. The second kappa shape index (κ2) is 12.3. The molecule has 8 aromatic carbocycles. The summed E-state index contributed by atoms with van der Waals surface area (Å²) in [6.07, 6.45) is 0. The maximum absolute atomic E-state index is 9.43. The summed E-state index contributed by atoms with van der Waals surface area (Å²) >= 11 is 0. The van der Waals surface area contributed by atoms with Crippen molar-refractivity contribution in [1.29, 1.82) is 5.26 Å². The summed E-state index contributed by atoms with van der Waals surface area (Å²) in [5.74, 6) is 0.661. The van der Waals surface area contributed by atoms with Gasteiger partial charge in [0.15, 0.2) is 5.82 Å². The maximum Gasteiger partial charge on any atom is 0.160 e. The Morgan fingerprint density at radius 3 is 1.76 bits per heavy atom. The van der Waals surface area contributed by atoms with E-state index in [9.17, 15) is 5.26 Å². The van der Waals surface area contributed by atoms with Crippen molar-refractivity contribution >= 4 is 32.3 Å². The molecule has 0 amide bonds. The third kappa shape index (κ3) is 5.17. The summed E-state index contributed by atoms with van der Waals surface area (Å²) in [4.78, 5) is 10.6. The standard InChI is InChI=1S/C47H29N3/c48-30-31-18-20-35(21-19-31)38-14-8-9-17-41(38)44-29-45(50-47(49-44)36-24-22-33(23-25-36)32-10-2-1-3-11-32)46-40-16-7-5-13-37(40)28-43-39-15-6-4-12-34(39)26-27-42(43)46/h1-29H. The fourth-order valence-corrected chi connectivity index (χ4v) is 7.06. The number of nitrogens with zero attached hydrogens (tertiary/aromatic N) is 3. The van der Waals surface area contributed by atoms with Gasteiger partial charge in [0, 0.05) is 16.7 Å². The summed E-state index contributed by atoms with van der Waals surface area (Å²) in [5, 5.41) is 16.5. The van der Waals surface area contributed by atoms with E-state index in [0.29, 0.717) is 11.4 Å². The minimum Gasteiger partial charge on any atom is -0.228 e. The number of benzene rings is 8. The quantitative estimate of drug-likeness (QED) is 0.140. The molecular formula is C47H29N3. The average Bonchev–Trinajstić information content (AvgIpc) is 3.20. The Labute approximate surface area is 290 Å². The van der Waals surface area contributed by atoms with Crippen LogP contribution in [0.4, 0.5) is 0 Å². The summed E-state index contributed by atoms with van der Waals surface area (Å²) in [7, 11) is 0. The van der Waals surface area contributed by atoms with Crippen LogP contribution in [-0.4, -0.2) is 9.97 Å². The van der Waals surface area contributed by atoms with Crippen LogP contribution in [0.5, 0.6) is 0 Å². The molecule has 9 rings (SSSR count). The van der Waals surface area contributed by atoms with E-state index in [2.05, 4.69) is 146 Å². The second-order valence-electron chi connectivity index (χ2n) is 12.5. The minimum atomic E-state index is 0.632. The van der Waals surface area contributed by atoms with E-state index in [1.807, 2.05) is 36.4 Å². The molecule has 1 aromatic heterocycles. The first-order chi connectivity index (χ1) is 24.7. The first-order valence-corrected chi connectivity index (χ1v) is 16.7.